The summed E-state index contributed by atoms with van der Waals surface area (Å²) in [6, 6.07) is 12.7. The molecule has 0 aliphatic carbocycles. The number of aromatic hydroxyl groups is 1. The molecule has 0 fully saturated rings. The van der Waals surface area contributed by atoms with Crippen LogP contribution < -0.4 is 0 Å². The largest absolute Gasteiger partial charge is 0.508 e. The topological polar surface area (TPSA) is 41.8 Å². The van der Waals surface area contributed by atoms with Crippen LogP contribution in [-0.4, -0.2) is 17.9 Å². The number of nitrogens with zero attached hydrogens (tertiary/aromatic N) is 1. The number of halogens is 1. The Morgan fingerprint density at radius 2 is 1.74 bits per heavy atom. The van der Waals surface area contributed by atoms with Gasteiger partial charge in [-0.2, -0.15) is 0 Å². The molecule has 2 aromatic rings. The summed E-state index contributed by atoms with van der Waals surface area (Å²) in [5, 5.41) is 14.3. The zero-order chi connectivity index (χ0) is 13.8. The molecule has 0 unspecified atom stereocenters. The molecule has 19 heavy (non-hydrogen) atoms. The van der Waals surface area contributed by atoms with Crippen LogP contribution in [0.1, 0.15) is 16.7 Å². The molecule has 0 bridgehead atoms. The molecule has 0 aromatic heterocycles. The Labute approximate surface area is 117 Å². The van der Waals surface area contributed by atoms with E-state index in [1.165, 1.54) is 7.11 Å². The summed E-state index contributed by atoms with van der Waals surface area (Å²) in [4.78, 5) is 4.91. The lowest BCUT2D eigenvalue weighted by Gasteiger charge is -2.08. The van der Waals surface area contributed by atoms with E-state index < -0.39 is 0 Å². The predicted octanol–water partition coefficient (Wildman–Crippen LogP) is 3.75. The zero-order valence-electron chi connectivity index (χ0n) is 10.7. The smallest absolute Gasteiger partial charge is 0.118 e. The first-order valence-corrected chi connectivity index (χ1v) is 6.16. The highest BCUT2D eigenvalue weighted by molar-refractivity contribution is 6.30. The maximum absolute atomic E-state index is 9.57. The fraction of sp³-hybridized carbons (Fsp3) is 0.133. The normalized spacial score (nSPS) is 11.4. The van der Waals surface area contributed by atoms with Crippen LogP contribution in [0.5, 0.6) is 5.75 Å². The van der Waals surface area contributed by atoms with E-state index in [0.29, 0.717) is 10.7 Å². The molecular formula is C15H14ClNO2. The summed E-state index contributed by atoms with van der Waals surface area (Å²) >= 11 is 5.88. The molecule has 4 heteroatoms. The number of hydrogen-bond donors (Lipinski definition) is 1. The average Bonchev–Trinajstić information content (AvgIpc) is 2.41. The number of benzene rings is 2. The molecule has 0 aliphatic rings. The van der Waals surface area contributed by atoms with Gasteiger partial charge in [0.25, 0.3) is 0 Å². The molecule has 0 radical (unpaired) electrons. The van der Waals surface area contributed by atoms with E-state index in [0.717, 1.165) is 16.7 Å². The van der Waals surface area contributed by atoms with Crippen molar-refractivity contribution in [2.24, 2.45) is 5.16 Å². The average molecular weight is 276 g/mol. The Hall–Kier alpha value is -2.00. The second-order valence-electron chi connectivity index (χ2n) is 4.13. The Balaban J connectivity index is 2.48. The standard InChI is InChI=1S/C15H14ClNO2/c1-10-9-12(5-8-14(10)18)15(17-19-2)11-3-6-13(16)7-4-11/h3-9,18H,1-2H3/b17-15+. The lowest BCUT2D eigenvalue weighted by Crippen LogP contribution is -2.04. The van der Waals surface area contributed by atoms with Gasteiger partial charge in [-0.15, -0.1) is 0 Å². The lowest BCUT2D eigenvalue weighted by atomic mass is 10.0. The zero-order valence-corrected chi connectivity index (χ0v) is 11.5. The number of aryl methyl sites for hydroxylation is 1. The van der Waals surface area contributed by atoms with Crippen LogP contribution in [0.3, 0.4) is 0 Å². The number of phenols is 1. The van der Waals surface area contributed by atoms with Crippen LogP contribution in [0, 0.1) is 6.92 Å². The highest BCUT2D eigenvalue weighted by Gasteiger charge is 2.09. The van der Waals surface area contributed by atoms with Gasteiger partial charge in [0.05, 0.1) is 0 Å². The Bertz CT molecular complexity index is 606. The molecule has 0 aliphatic heterocycles. The molecule has 1 N–H and O–H groups in total. The first kappa shape index (κ1) is 13.4. The quantitative estimate of drug-likeness (QED) is 0.685. The van der Waals surface area contributed by atoms with Gasteiger partial charge in [-0.1, -0.05) is 28.9 Å². The van der Waals surface area contributed by atoms with Crippen LogP contribution >= 0.6 is 11.6 Å². The summed E-state index contributed by atoms with van der Waals surface area (Å²) in [7, 11) is 1.50. The monoisotopic (exact) mass is 275 g/mol. The van der Waals surface area contributed by atoms with Gasteiger partial charge in [0.15, 0.2) is 0 Å². The summed E-state index contributed by atoms with van der Waals surface area (Å²) in [6.45, 7) is 1.84. The van der Waals surface area contributed by atoms with Crippen LogP contribution in [0.4, 0.5) is 0 Å². The van der Waals surface area contributed by atoms with Crippen LogP contribution in [-0.2, 0) is 4.84 Å². The first-order chi connectivity index (χ1) is 9.11. The maximum atomic E-state index is 9.57. The van der Waals surface area contributed by atoms with Crippen molar-refractivity contribution in [1.82, 2.24) is 0 Å². The number of phenolic OH excluding ortho intramolecular Hbond substituents is 1. The second-order valence-corrected chi connectivity index (χ2v) is 4.57. The summed E-state index contributed by atoms with van der Waals surface area (Å²) in [6.07, 6.45) is 0. The van der Waals surface area contributed by atoms with Gasteiger partial charge < -0.3 is 9.94 Å². The van der Waals surface area contributed by atoms with E-state index in [2.05, 4.69) is 5.16 Å². The number of hydrogen-bond acceptors (Lipinski definition) is 3. The van der Waals surface area contributed by atoms with E-state index in [4.69, 9.17) is 16.4 Å². The van der Waals surface area contributed by atoms with E-state index >= 15 is 0 Å². The van der Waals surface area contributed by atoms with Gasteiger partial charge in [-0.3, -0.25) is 0 Å². The summed E-state index contributed by atoms with van der Waals surface area (Å²) < 4.78 is 0. The number of oxime groups is 1. The van der Waals surface area contributed by atoms with Crippen molar-refractivity contribution in [1.29, 1.82) is 0 Å². The molecule has 0 saturated carbocycles. The highest BCUT2D eigenvalue weighted by atomic mass is 35.5. The SMILES string of the molecule is CO/N=C(\c1ccc(Cl)cc1)c1ccc(O)c(C)c1. The molecule has 98 valence electrons. The van der Waals surface area contributed by atoms with E-state index in [1.54, 1.807) is 24.3 Å². The molecule has 0 saturated heterocycles. The van der Waals surface area contributed by atoms with Crippen molar-refractivity contribution in [2.75, 3.05) is 7.11 Å². The molecule has 2 rings (SSSR count). The maximum Gasteiger partial charge on any atom is 0.118 e. The fourth-order valence-electron chi connectivity index (χ4n) is 1.77. The molecule has 3 nitrogen and oxygen atoms in total. The van der Waals surface area contributed by atoms with Gasteiger partial charge in [-0.25, -0.2) is 0 Å². The van der Waals surface area contributed by atoms with Gasteiger partial charge in [-0.05, 0) is 42.8 Å². The van der Waals surface area contributed by atoms with Crippen molar-refractivity contribution in [3.05, 3.63) is 64.2 Å². The summed E-state index contributed by atoms with van der Waals surface area (Å²) in [5.74, 6) is 0.261. The molecular weight excluding hydrogens is 262 g/mol. The van der Waals surface area contributed by atoms with Crippen LogP contribution in [0.2, 0.25) is 5.02 Å². The van der Waals surface area contributed by atoms with Gasteiger partial charge in [0.1, 0.15) is 18.6 Å². The molecule has 0 spiro atoms. The highest BCUT2D eigenvalue weighted by Crippen LogP contribution is 2.20. The third-order valence-corrected chi connectivity index (χ3v) is 3.02. The van der Waals surface area contributed by atoms with Crippen molar-refractivity contribution in [3.8, 4) is 5.75 Å². The van der Waals surface area contributed by atoms with Gasteiger partial charge in [0.2, 0.25) is 0 Å². The fourth-order valence-corrected chi connectivity index (χ4v) is 1.90. The predicted molar refractivity (Wildman–Crippen MR) is 76.9 cm³/mol. The van der Waals surface area contributed by atoms with Crippen molar-refractivity contribution < 1.29 is 9.94 Å². The minimum atomic E-state index is 0.261. The van der Waals surface area contributed by atoms with Crippen molar-refractivity contribution >= 4 is 17.3 Å². The van der Waals surface area contributed by atoms with Gasteiger partial charge in [0, 0.05) is 16.1 Å². The Kier molecular flexibility index (Phi) is 4.07. The van der Waals surface area contributed by atoms with Crippen molar-refractivity contribution in [3.63, 3.8) is 0 Å². The Morgan fingerprint density at radius 3 is 2.32 bits per heavy atom. The van der Waals surface area contributed by atoms with Crippen molar-refractivity contribution in [2.45, 2.75) is 6.92 Å². The third kappa shape index (κ3) is 3.06. The summed E-state index contributed by atoms with van der Waals surface area (Å²) in [5.41, 5.74) is 3.26. The van der Waals surface area contributed by atoms with Crippen LogP contribution in [0.15, 0.2) is 47.6 Å². The first-order valence-electron chi connectivity index (χ1n) is 5.79. The number of rotatable bonds is 3. The minimum Gasteiger partial charge on any atom is -0.508 e. The van der Waals surface area contributed by atoms with E-state index in [1.807, 2.05) is 25.1 Å². The Morgan fingerprint density at radius 1 is 1.11 bits per heavy atom. The third-order valence-electron chi connectivity index (χ3n) is 2.77. The van der Waals surface area contributed by atoms with E-state index in [-0.39, 0.29) is 5.75 Å². The molecule has 0 heterocycles. The second kappa shape index (κ2) is 5.76. The molecule has 0 amide bonds. The van der Waals surface area contributed by atoms with Gasteiger partial charge >= 0.3 is 0 Å². The minimum absolute atomic E-state index is 0.261. The van der Waals surface area contributed by atoms with E-state index in [9.17, 15) is 5.11 Å². The molecule has 0 atom stereocenters. The lowest BCUT2D eigenvalue weighted by molar-refractivity contribution is 0.214. The molecule has 2 aromatic carbocycles. The van der Waals surface area contributed by atoms with Crippen LogP contribution in [0.25, 0.3) is 0 Å².